The topological polar surface area (TPSA) is 63.6 Å². The third-order valence-electron chi connectivity index (χ3n) is 3.64. The van der Waals surface area contributed by atoms with Crippen LogP contribution in [0.25, 0.3) is 0 Å². The fourth-order valence-electron chi connectivity index (χ4n) is 2.35. The Labute approximate surface area is 132 Å². The van der Waals surface area contributed by atoms with Gasteiger partial charge in [-0.05, 0) is 45.2 Å². The van der Waals surface area contributed by atoms with Gasteiger partial charge in [0, 0.05) is 24.0 Å². The molecular formula is C17H25N5. The summed E-state index contributed by atoms with van der Waals surface area (Å²) in [7, 11) is 0. The number of hydrogen-bond donors (Lipinski definition) is 1. The number of anilines is 1. The average molecular weight is 299 g/mol. The summed E-state index contributed by atoms with van der Waals surface area (Å²) in [5, 5.41) is 11.6. The molecule has 0 fully saturated rings. The van der Waals surface area contributed by atoms with Gasteiger partial charge in [0.1, 0.15) is 11.6 Å². The van der Waals surface area contributed by atoms with Crippen LogP contribution in [0.4, 0.5) is 5.82 Å². The van der Waals surface area contributed by atoms with Gasteiger partial charge in [0.05, 0.1) is 5.69 Å². The Morgan fingerprint density at radius 3 is 2.86 bits per heavy atom. The average Bonchev–Trinajstić information content (AvgIpc) is 2.53. The lowest BCUT2D eigenvalue weighted by molar-refractivity contribution is 0.641. The highest BCUT2D eigenvalue weighted by atomic mass is 15.1. The first-order chi connectivity index (χ1) is 10.7. The first-order valence-electron chi connectivity index (χ1n) is 8.04. The SMILES string of the molecule is CCCC[C@@H](C)Nc1nc(C)ncc1CCc1cccnn1. The molecule has 2 heterocycles. The van der Waals surface area contributed by atoms with Gasteiger partial charge in [0.15, 0.2) is 0 Å². The van der Waals surface area contributed by atoms with Gasteiger partial charge in [-0.15, -0.1) is 0 Å². The first-order valence-corrected chi connectivity index (χ1v) is 8.04. The van der Waals surface area contributed by atoms with Crippen molar-refractivity contribution < 1.29 is 0 Å². The largest absolute Gasteiger partial charge is 0.367 e. The molecule has 22 heavy (non-hydrogen) atoms. The van der Waals surface area contributed by atoms with Crippen LogP contribution < -0.4 is 5.32 Å². The van der Waals surface area contributed by atoms with Gasteiger partial charge in [-0.1, -0.05) is 19.8 Å². The van der Waals surface area contributed by atoms with Crippen LogP contribution in [0.5, 0.6) is 0 Å². The predicted molar refractivity (Wildman–Crippen MR) is 88.8 cm³/mol. The Morgan fingerprint density at radius 1 is 1.27 bits per heavy atom. The van der Waals surface area contributed by atoms with Crippen molar-refractivity contribution in [3.8, 4) is 0 Å². The second-order valence-corrected chi connectivity index (χ2v) is 5.69. The molecule has 0 aliphatic heterocycles. The maximum atomic E-state index is 4.58. The van der Waals surface area contributed by atoms with E-state index >= 15 is 0 Å². The number of aromatic nitrogens is 4. The van der Waals surface area contributed by atoms with Crippen molar-refractivity contribution in [2.75, 3.05) is 5.32 Å². The van der Waals surface area contributed by atoms with Crippen molar-refractivity contribution in [1.29, 1.82) is 0 Å². The van der Waals surface area contributed by atoms with Gasteiger partial charge in [0.25, 0.3) is 0 Å². The minimum absolute atomic E-state index is 0.421. The zero-order chi connectivity index (χ0) is 15.8. The summed E-state index contributed by atoms with van der Waals surface area (Å²) < 4.78 is 0. The Hall–Kier alpha value is -2.04. The molecular weight excluding hydrogens is 274 g/mol. The van der Waals surface area contributed by atoms with E-state index in [2.05, 4.69) is 39.3 Å². The van der Waals surface area contributed by atoms with Gasteiger partial charge in [-0.2, -0.15) is 10.2 Å². The molecule has 2 aromatic heterocycles. The van der Waals surface area contributed by atoms with E-state index < -0.39 is 0 Å². The molecule has 1 atom stereocenters. The fraction of sp³-hybridized carbons (Fsp3) is 0.529. The van der Waals surface area contributed by atoms with Crippen molar-refractivity contribution in [1.82, 2.24) is 20.2 Å². The van der Waals surface area contributed by atoms with Gasteiger partial charge in [0.2, 0.25) is 0 Å². The van der Waals surface area contributed by atoms with E-state index in [1.165, 1.54) is 12.8 Å². The quantitative estimate of drug-likeness (QED) is 0.810. The Kier molecular flexibility index (Phi) is 6.25. The van der Waals surface area contributed by atoms with Crippen LogP contribution in [0, 0.1) is 6.92 Å². The number of unbranched alkanes of at least 4 members (excludes halogenated alkanes) is 1. The van der Waals surface area contributed by atoms with Crippen molar-refractivity contribution >= 4 is 5.82 Å². The summed E-state index contributed by atoms with van der Waals surface area (Å²) in [6.07, 6.45) is 8.93. The Balaban J connectivity index is 2.03. The van der Waals surface area contributed by atoms with Gasteiger partial charge < -0.3 is 5.32 Å². The van der Waals surface area contributed by atoms with Crippen molar-refractivity contribution in [3.63, 3.8) is 0 Å². The van der Waals surface area contributed by atoms with Crippen LogP contribution in [0.3, 0.4) is 0 Å². The van der Waals surface area contributed by atoms with Crippen molar-refractivity contribution in [2.24, 2.45) is 0 Å². The molecule has 2 rings (SSSR count). The van der Waals surface area contributed by atoms with E-state index in [1.54, 1.807) is 6.20 Å². The van der Waals surface area contributed by atoms with Crippen LogP contribution >= 0.6 is 0 Å². The number of aryl methyl sites for hydroxylation is 3. The molecule has 2 aromatic rings. The number of hydrogen-bond acceptors (Lipinski definition) is 5. The molecule has 1 N–H and O–H groups in total. The Bertz CT molecular complexity index is 571. The molecule has 0 aliphatic carbocycles. The normalized spacial score (nSPS) is 12.1. The van der Waals surface area contributed by atoms with E-state index in [1.807, 2.05) is 25.3 Å². The highest BCUT2D eigenvalue weighted by Crippen LogP contribution is 2.16. The first kappa shape index (κ1) is 16.3. The number of nitrogens with zero attached hydrogens (tertiary/aromatic N) is 4. The van der Waals surface area contributed by atoms with Crippen LogP contribution in [0.15, 0.2) is 24.5 Å². The highest BCUT2D eigenvalue weighted by Gasteiger charge is 2.09. The maximum Gasteiger partial charge on any atom is 0.133 e. The predicted octanol–water partition coefficient (Wildman–Crippen LogP) is 3.35. The molecule has 0 amide bonds. The summed E-state index contributed by atoms with van der Waals surface area (Å²) >= 11 is 0. The molecule has 0 saturated carbocycles. The molecule has 0 unspecified atom stereocenters. The molecule has 0 saturated heterocycles. The monoisotopic (exact) mass is 299 g/mol. The summed E-state index contributed by atoms with van der Waals surface area (Å²) in [5.41, 5.74) is 2.13. The van der Waals surface area contributed by atoms with Crippen LogP contribution in [0.2, 0.25) is 0 Å². The third kappa shape index (κ3) is 5.06. The number of nitrogens with one attached hydrogen (secondary N) is 1. The van der Waals surface area contributed by atoms with E-state index in [0.29, 0.717) is 6.04 Å². The second kappa shape index (κ2) is 8.41. The Morgan fingerprint density at radius 2 is 2.14 bits per heavy atom. The van der Waals surface area contributed by atoms with Crippen molar-refractivity contribution in [3.05, 3.63) is 41.6 Å². The number of rotatable bonds is 8. The molecule has 0 aromatic carbocycles. The fourth-order valence-corrected chi connectivity index (χ4v) is 2.35. The zero-order valence-electron chi connectivity index (χ0n) is 13.7. The molecule has 5 heteroatoms. The van der Waals surface area contributed by atoms with Crippen LogP contribution in [-0.2, 0) is 12.8 Å². The standard InChI is InChI=1S/C17H25N5/c1-4-5-7-13(2)20-17-15(12-18-14(3)21-17)9-10-16-8-6-11-19-22-16/h6,8,11-13H,4-5,7,9-10H2,1-3H3,(H,18,20,21)/t13-/m1/s1. The minimum Gasteiger partial charge on any atom is -0.367 e. The molecule has 0 radical (unpaired) electrons. The van der Waals surface area contributed by atoms with E-state index in [4.69, 9.17) is 0 Å². The molecule has 0 aliphatic rings. The van der Waals surface area contributed by atoms with E-state index in [0.717, 1.165) is 42.2 Å². The van der Waals surface area contributed by atoms with Crippen LogP contribution in [0.1, 0.15) is 50.2 Å². The highest BCUT2D eigenvalue weighted by molar-refractivity contribution is 5.44. The smallest absolute Gasteiger partial charge is 0.133 e. The van der Waals surface area contributed by atoms with Crippen LogP contribution in [-0.4, -0.2) is 26.2 Å². The van der Waals surface area contributed by atoms with Gasteiger partial charge >= 0.3 is 0 Å². The summed E-state index contributed by atoms with van der Waals surface area (Å²) in [5.74, 6) is 1.76. The molecule has 0 bridgehead atoms. The van der Waals surface area contributed by atoms with Gasteiger partial charge in [-0.25, -0.2) is 9.97 Å². The summed E-state index contributed by atoms with van der Waals surface area (Å²) in [6, 6.07) is 4.34. The zero-order valence-corrected chi connectivity index (χ0v) is 13.7. The lowest BCUT2D eigenvalue weighted by Crippen LogP contribution is -2.18. The second-order valence-electron chi connectivity index (χ2n) is 5.69. The van der Waals surface area contributed by atoms with E-state index in [-0.39, 0.29) is 0 Å². The van der Waals surface area contributed by atoms with Crippen molar-refractivity contribution in [2.45, 2.75) is 58.9 Å². The van der Waals surface area contributed by atoms with E-state index in [9.17, 15) is 0 Å². The molecule has 118 valence electrons. The summed E-state index contributed by atoms with van der Waals surface area (Å²) in [4.78, 5) is 8.91. The summed E-state index contributed by atoms with van der Waals surface area (Å²) in [6.45, 7) is 6.35. The van der Waals surface area contributed by atoms with Gasteiger partial charge in [-0.3, -0.25) is 0 Å². The lowest BCUT2D eigenvalue weighted by atomic mass is 10.1. The minimum atomic E-state index is 0.421. The maximum absolute atomic E-state index is 4.58. The molecule has 5 nitrogen and oxygen atoms in total. The molecule has 0 spiro atoms. The third-order valence-corrected chi connectivity index (χ3v) is 3.64. The lowest BCUT2D eigenvalue weighted by Gasteiger charge is -2.17.